The van der Waals surface area contributed by atoms with E-state index in [2.05, 4.69) is 71.6 Å². The van der Waals surface area contributed by atoms with Crippen molar-refractivity contribution in [2.24, 2.45) is 11.8 Å². The lowest BCUT2D eigenvalue weighted by molar-refractivity contribution is -0.123. The summed E-state index contributed by atoms with van der Waals surface area (Å²) in [6.07, 6.45) is 0.809. The first-order chi connectivity index (χ1) is 8.38. The molecule has 0 saturated heterocycles. The molecule has 0 aliphatic carbocycles. The number of nitrogens with one attached hydrogen (secondary N) is 3. The molecule has 0 bridgehead atoms. The second kappa shape index (κ2) is 9.97. The Balaban J connectivity index is 4.19. The van der Waals surface area contributed by atoms with Crippen LogP contribution in [0.5, 0.6) is 0 Å². The molecule has 0 saturated carbocycles. The summed E-state index contributed by atoms with van der Waals surface area (Å²) in [6.45, 7) is 12.2. The van der Waals surface area contributed by atoms with Gasteiger partial charge in [0.2, 0.25) is 5.91 Å². The summed E-state index contributed by atoms with van der Waals surface area (Å²) in [5.41, 5.74) is 0. The van der Waals surface area contributed by atoms with Gasteiger partial charge in [-0.05, 0) is 18.3 Å². The van der Waals surface area contributed by atoms with Gasteiger partial charge in [0.25, 0.3) is 0 Å². The third-order valence-corrected chi connectivity index (χ3v) is 3.65. The summed E-state index contributed by atoms with van der Waals surface area (Å²) >= 11 is 2.11. The lowest BCUT2D eigenvalue weighted by atomic mass is 9.98. The third kappa shape index (κ3) is 8.26. The molecular formula is C13H28IN3O. The molecule has 5 heteroatoms. The Morgan fingerprint density at radius 1 is 1.17 bits per heavy atom. The minimum absolute atomic E-state index is 0.105. The maximum atomic E-state index is 12.1. The third-order valence-electron chi connectivity index (χ3n) is 3.11. The van der Waals surface area contributed by atoms with E-state index in [1.165, 1.54) is 0 Å². The van der Waals surface area contributed by atoms with Crippen LogP contribution in [0.1, 0.15) is 41.0 Å². The van der Waals surface area contributed by atoms with Crippen molar-refractivity contribution >= 4 is 28.8 Å². The molecule has 0 heterocycles. The molecular weight excluding hydrogens is 341 g/mol. The van der Waals surface area contributed by atoms with Crippen molar-refractivity contribution in [1.29, 1.82) is 0 Å². The fourth-order valence-corrected chi connectivity index (χ4v) is 1.82. The molecule has 1 amide bonds. The van der Waals surface area contributed by atoms with Crippen LogP contribution < -0.4 is 14.2 Å². The van der Waals surface area contributed by atoms with Crippen LogP contribution in [-0.2, 0) is 4.79 Å². The van der Waals surface area contributed by atoms with Crippen molar-refractivity contribution in [2.75, 3.05) is 13.1 Å². The number of carbonyl (C=O) groups excluding carboxylic acids is 1. The zero-order valence-corrected chi connectivity index (χ0v) is 14.4. The normalized spacial score (nSPS) is 14.9. The van der Waals surface area contributed by atoms with Gasteiger partial charge >= 0.3 is 0 Å². The average molecular weight is 369 g/mol. The highest BCUT2D eigenvalue weighted by Crippen LogP contribution is 2.07. The molecule has 0 aromatic heterocycles. The highest BCUT2D eigenvalue weighted by Gasteiger charge is 2.19. The molecule has 0 fully saturated rings. The van der Waals surface area contributed by atoms with E-state index >= 15 is 0 Å². The Bertz CT molecular complexity index is 234. The fourth-order valence-electron chi connectivity index (χ4n) is 1.51. The average Bonchev–Trinajstić information content (AvgIpc) is 2.30. The summed E-state index contributed by atoms with van der Waals surface area (Å²) in [4.78, 5) is 12.1. The van der Waals surface area contributed by atoms with E-state index in [-0.39, 0.29) is 11.9 Å². The molecule has 0 aromatic carbocycles. The molecule has 0 radical (unpaired) electrons. The number of halogens is 1. The Kier molecular flexibility index (Phi) is 10.0. The topological polar surface area (TPSA) is 53.2 Å². The second-order valence-corrected chi connectivity index (χ2v) is 6.28. The van der Waals surface area contributed by atoms with E-state index < -0.39 is 0 Å². The Labute approximate surface area is 126 Å². The molecule has 0 aliphatic heterocycles. The molecule has 4 nitrogen and oxygen atoms in total. The van der Waals surface area contributed by atoms with Gasteiger partial charge in [-0.3, -0.25) is 8.32 Å². The van der Waals surface area contributed by atoms with Crippen LogP contribution in [-0.4, -0.2) is 31.1 Å². The van der Waals surface area contributed by atoms with Gasteiger partial charge in [-0.1, -0.05) is 34.6 Å². The van der Waals surface area contributed by atoms with Crippen molar-refractivity contribution in [3.63, 3.8) is 0 Å². The zero-order chi connectivity index (χ0) is 14.1. The zero-order valence-electron chi connectivity index (χ0n) is 12.2. The predicted octanol–water partition coefficient (Wildman–Crippen LogP) is 2.09. The summed E-state index contributed by atoms with van der Waals surface area (Å²) in [7, 11) is 0. The number of hydrogen-bond acceptors (Lipinski definition) is 3. The summed E-state index contributed by atoms with van der Waals surface area (Å²) < 4.78 is 3.06. The molecule has 18 heavy (non-hydrogen) atoms. The SMILES string of the molecule is CC(C)NC(CCNI)C(=O)NCC(C)C(C)C. The minimum Gasteiger partial charge on any atom is -0.354 e. The van der Waals surface area contributed by atoms with E-state index in [0.29, 0.717) is 17.9 Å². The van der Waals surface area contributed by atoms with E-state index in [1.54, 1.807) is 0 Å². The van der Waals surface area contributed by atoms with Crippen LogP contribution in [0.2, 0.25) is 0 Å². The van der Waals surface area contributed by atoms with Gasteiger partial charge in [-0.25, -0.2) is 0 Å². The highest BCUT2D eigenvalue weighted by molar-refractivity contribution is 14.1. The van der Waals surface area contributed by atoms with E-state index in [0.717, 1.165) is 19.5 Å². The van der Waals surface area contributed by atoms with Gasteiger partial charge < -0.3 is 10.6 Å². The smallest absolute Gasteiger partial charge is 0.237 e. The van der Waals surface area contributed by atoms with Gasteiger partial charge in [0.1, 0.15) is 0 Å². The standard InChI is InChI=1S/C13H28IN3O/c1-9(2)11(5)8-15-13(18)12(6-7-16-14)17-10(3)4/h9-12,16-17H,6-8H2,1-5H3,(H,15,18). The number of rotatable bonds is 9. The monoisotopic (exact) mass is 369 g/mol. The van der Waals surface area contributed by atoms with Crippen LogP contribution in [0.25, 0.3) is 0 Å². The lowest BCUT2D eigenvalue weighted by Crippen LogP contribution is -2.48. The van der Waals surface area contributed by atoms with E-state index in [9.17, 15) is 4.79 Å². The molecule has 108 valence electrons. The molecule has 3 N–H and O–H groups in total. The quantitative estimate of drug-likeness (QED) is 0.431. The van der Waals surface area contributed by atoms with Crippen molar-refractivity contribution < 1.29 is 4.79 Å². The predicted molar refractivity (Wildman–Crippen MR) is 85.7 cm³/mol. The molecule has 2 atom stereocenters. The van der Waals surface area contributed by atoms with Crippen LogP contribution in [0.4, 0.5) is 0 Å². The van der Waals surface area contributed by atoms with E-state index in [1.807, 2.05) is 0 Å². The van der Waals surface area contributed by atoms with Gasteiger partial charge in [0.05, 0.1) is 6.04 Å². The summed E-state index contributed by atoms with van der Waals surface area (Å²) in [5.74, 6) is 1.22. The van der Waals surface area contributed by atoms with Gasteiger partial charge in [0, 0.05) is 42.0 Å². The second-order valence-electron chi connectivity index (χ2n) is 5.51. The van der Waals surface area contributed by atoms with Crippen LogP contribution in [0.15, 0.2) is 0 Å². The van der Waals surface area contributed by atoms with Crippen molar-refractivity contribution in [3.05, 3.63) is 0 Å². The fraction of sp³-hybridized carbons (Fsp3) is 0.923. The Hall–Kier alpha value is 0.120. The van der Waals surface area contributed by atoms with Crippen LogP contribution in [0.3, 0.4) is 0 Å². The number of carbonyl (C=O) groups is 1. The van der Waals surface area contributed by atoms with Gasteiger partial charge in [-0.15, -0.1) is 0 Å². The molecule has 0 aliphatic rings. The van der Waals surface area contributed by atoms with Crippen LogP contribution in [0, 0.1) is 11.8 Å². The maximum absolute atomic E-state index is 12.1. The van der Waals surface area contributed by atoms with Crippen LogP contribution >= 0.6 is 22.9 Å². The molecule has 0 rings (SSSR count). The van der Waals surface area contributed by atoms with E-state index in [4.69, 9.17) is 0 Å². The van der Waals surface area contributed by atoms with Crippen molar-refractivity contribution in [1.82, 2.24) is 14.2 Å². The first kappa shape index (κ1) is 18.1. The highest BCUT2D eigenvalue weighted by atomic mass is 127. The minimum atomic E-state index is -0.105. The molecule has 0 spiro atoms. The first-order valence-electron chi connectivity index (χ1n) is 6.75. The molecule has 0 aromatic rings. The summed E-state index contributed by atoms with van der Waals surface area (Å²) in [5, 5.41) is 6.36. The van der Waals surface area contributed by atoms with Crippen molar-refractivity contribution in [2.45, 2.75) is 53.1 Å². The first-order valence-corrected chi connectivity index (χ1v) is 7.83. The largest absolute Gasteiger partial charge is 0.354 e. The number of hydrogen-bond donors (Lipinski definition) is 3. The van der Waals surface area contributed by atoms with Gasteiger partial charge in [-0.2, -0.15) is 0 Å². The number of amides is 1. The summed E-state index contributed by atoms with van der Waals surface area (Å²) in [6, 6.07) is 0.212. The Morgan fingerprint density at radius 2 is 1.78 bits per heavy atom. The Morgan fingerprint density at radius 3 is 2.22 bits per heavy atom. The maximum Gasteiger partial charge on any atom is 0.237 e. The molecule has 2 unspecified atom stereocenters. The van der Waals surface area contributed by atoms with Crippen molar-refractivity contribution in [3.8, 4) is 0 Å². The lowest BCUT2D eigenvalue weighted by Gasteiger charge is -2.22. The van der Waals surface area contributed by atoms with Gasteiger partial charge in [0.15, 0.2) is 0 Å².